The van der Waals surface area contributed by atoms with Crippen LogP contribution in [0.15, 0.2) is 42.3 Å². The van der Waals surface area contributed by atoms with Crippen LogP contribution in [0, 0.1) is 11.8 Å². The largest absolute Gasteiger partial charge is 0.511 e. The number of rotatable bonds is 4. The molecular formula is C22H20F3NO3. The monoisotopic (exact) mass is 403 g/mol. The number of halogens is 3. The predicted molar refractivity (Wildman–Crippen MR) is 101 cm³/mol. The van der Waals surface area contributed by atoms with Gasteiger partial charge in [0.2, 0.25) is 5.88 Å². The van der Waals surface area contributed by atoms with Gasteiger partial charge in [0, 0.05) is 24.1 Å². The first kappa shape index (κ1) is 19.5. The van der Waals surface area contributed by atoms with Gasteiger partial charge >= 0.3 is 6.18 Å². The number of hydrogen-bond acceptors (Lipinski definition) is 4. The summed E-state index contributed by atoms with van der Waals surface area (Å²) in [6.45, 7) is 1.95. The Hall–Kier alpha value is -2.83. The molecule has 0 spiro atoms. The normalized spacial score (nSPS) is 21.6. The SMILES string of the molecule is CCc1ccc(Oc2ccc(C(F)(F)F)cn2)cc1C1=C(O)[C@@H]2CC[C@@H](C2)C1=O. The topological polar surface area (TPSA) is 59.4 Å². The summed E-state index contributed by atoms with van der Waals surface area (Å²) in [5, 5.41) is 10.7. The summed E-state index contributed by atoms with van der Waals surface area (Å²) in [5.74, 6) is 0.409. The number of ketones is 1. The van der Waals surface area contributed by atoms with Gasteiger partial charge in [-0.1, -0.05) is 13.0 Å². The zero-order valence-corrected chi connectivity index (χ0v) is 15.8. The molecular weight excluding hydrogens is 383 g/mol. The first-order chi connectivity index (χ1) is 13.8. The summed E-state index contributed by atoms with van der Waals surface area (Å²) >= 11 is 0. The number of Topliss-reactive ketones (excluding diaryl/α,β-unsaturated/α-hetero) is 1. The molecule has 2 aromatic rings. The van der Waals surface area contributed by atoms with Gasteiger partial charge < -0.3 is 9.84 Å². The van der Waals surface area contributed by atoms with Crippen LogP contribution in [0.3, 0.4) is 0 Å². The molecule has 4 rings (SSSR count). The van der Waals surface area contributed by atoms with E-state index < -0.39 is 11.7 Å². The molecule has 0 unspecified atom stereocenters. The molecule has 1 saturated carbocycles. The second kappa shape index (κ2) is 7.21. The molecule has 1 aromatic heterocycles. The smallest absolute Gasteiger partial charge is 0.417 e. The molecule has 2 bridgehead atoms. The van der Waals surface area contributed by atoms with E-state index in [0.29, 0.717) is 35.9 Å². The lowest BCUT2D eigenvalue weighted by Crippen LogP contribution is -2.21. The first-order valence-corrected chi connectivity index (χ1v) is 9.59. The van der Waals surface area contributed by atoms with E-state index in [1.165, 1.54) is 0 Å². The minimum atomic E-state index is -4.47. The lowest BCUT2D eigenvalue weighted by atomic mass is 9.81. The van der Waals surface area contributed by atoms with E-state index in [9.17, 15) is 23.1 Å². The van der Waals surface area contributed by atoms with Gasteiger partial charge in [-0.05, 0) is 55.0 Å². The van der Waals surface area contributed by atoms with E-state index in [1.54, 1.807) is 18.2 Å². The number of allylic oxidation sites excluding steroid dienone is 2. The number of aliphatic hydroxyl groups is 1. The summed E-state index contributed by atoms with van der Waals surface area (Å²) in [6.07, 6.45) is -0.808. The van der Waals surface area contributed by atoms with Gasteiger partial charge in [-0.2, -0.15) is 13.2 Å². The van der Waals surface area contributed by atoms with Gasteiger partial charge in [0.1, 0.15) is 11.5 Å². The van der Waals surface area contributed by atoms with Gasteiger partial charge in [-0.15, -0.1) is 0 Å². The molecule has 2 aliphatic rings. The summed E-state index contributed by atoms with van der Waals surface area (Å²) in [5.41, 5.74) is 1.02. The minimum Gasteiger partial charge on any atom is -0.511 e. The highest BCUT2D eigenvalue weighted by molar-refractivity contribution is 6.23. The Bertz CT molecular complexity index is 980. The molecule has 1 N–H and O–H groups in total. The fourth-order valence-electron chi connectivity index (χ4n) is 4.16. The van der Waals surface area contributed by atoms with Gasteiger partial charge in [0.25, 0.3) is 0 Å². The molecule has 1 fully saturated rings. The fourth-order valence-corrected chi connectivity index (χ4v) is 4.16. The number of pyridine rings is 1. The number of nitrogens with zero attached hydrogens (tertiary/aromatic N) is 1. The van der Waals surface area contributed by atoms with Crippen molar-refractivity contribution in [3.63, 3.8) is 0 Å². The number of carbonyl (C=O) groups is 1. The van der Waals surface area contributed by atoms with Gasteiger partial charge in [-0.3, -0.25) is 4.79 Å². The van der Waals surface area contributed by atoms with Crippen molar-refractivity contribution < 1.29 is 27.8 Å². The number of alkyl halides is 3. The van der Waals surface area contributed by atoms with Crippen LogP contribution in [0.4, 0.5) is 13.2 Å². The van der Waals surface area contributed by atoms with Crippen LogP contribution in [0.5, 0.6) is 11.6 Å². The molecule has 1 aromatic carbocycles. The molecule has 0 radical (unpaired) electrons. The third-order valence-corrected chi connectivity index (χ3v) is 5.71. The molecule has 0 aliphatic heterocycles. The Morgan fingerprint density at radius 1 is 1.17 bits per heavy atom. The minimum absolute atomic E-state index is 0.0126. The van der Waals surface area contributed by atoms with Crippen molar-refractivity contribution in [1.29, 1.82) is 0 Å². The number of aryl methyl sites for hydroxylation is 1. The lowest BCUT2D eigenvalue weighted by molar-refractivity contribution is -0.137. The van der Waals surface area contributed by atoms with Crippen LogP contribution in [-0.2, 0) is 17.4 Å². The summed E-state index contributed by atoms with van der Waals surface area (Å²) in [6, 6.07) is 7.20. The van der Waals surface area contributed by atoms with Crippen LogP contribution in [0.25, 0.3) is 5.57 Å². The average Bonchev–Trinajstić information content (AvgIpc) is 3.14. The zero-order valence-electron chi connectivity index (χ0n) is 15.8. The Morgan fingerprint density at radius 3 is 2.59 bits per heavy atom. The first-order valence-electron chi connectivity index (χ1n) is 9.59. The van der Waals surface area contributed by atoms with Crippen molar-refractivity contribution in [2.75, 3.05) is 0 Å². The Labute approximate surface area is 166 Å². The Morgan fingerprint density at radius 2 is 1.93 bits per heavy atom. The number of fused-ring (bicyclic) bond motifs is 2. The second-order valence-electron chi connectivity index (χ2n) is 7.49. The van der Waals surface area contributed by atoms with E-state index in [2.05, 4.69) is 4.98 Å². The fraction of sp³-hybridized carbons (Fsp3) is 0.364. The number of ether oxygens (including phenoxy) is 1. The van der Waals surface area contributed by atoms with Crippen LogP contribution < -0.4 is 4.74 Å². The van der Waals surface area contributed by atoms with Crippen molar-refractivity contribution in [3.8, 4) is 11.6 Å². The van der Waals surface area contributed by atoms with Crippen molar-refractivity contribution in [3.05, 3.63) is 59.0 Å². The lowest BCUT2D eigenvalue weighted by Gasteiger charge is -2.23. The number of benzene rings is 1. The number of aromatic nitrogens is 1. The standard InChI is InChI=1S/C22H20F3NO3/c1-2-12-5-7-16(29-18-8-6-15(11-26-18)22(23,24)25)10-17(12)19-20(27)13-3-4-14(9-13)21(19)28/h5-8,10-11,13-14,27H,2-4,9H2,1H3/t13-,14+/m1/s1. The van der Waals surface area contributed by atoms with Gasteiger partial charge in [0.15, 0.2) is 5.78 Å². The van der Waals surface area contributed by atoms with Gasteiger partial charge in [-0.25, -0.2) is 4.98 Å². The van der Waals surface area contributed by atoms with E-state index in [-0.39, 0.29) is 29.3 Å². The third-order valence-electron chi connectivity index (χ3n) is 5.71. The van der Waals surface area contributed by atoms with E-state index in [1.807, 2.05) is 6.92 Å². The van der Waals surface area contributed by atoms with Gasteiger partial charge in [0.05, 0.1) is 11.1 Å². The molecule has 29 heavy (non-hydrogen) atoms. The van der Waals surface area contributed by atoms with E-state index >= 15 is 0 Å². The summed E-state index contributed by atoms with van der Waals surface area (Å²) in [4.78, 5) is 16.6. The van der Waals surface area contributed by atoms with E-state index in [4.69, 9.17) is 4.74 Å². The van der Waals surface area contributed by atoms with Crippen LogP contribution in [0.1, 0.15) is 42.9 Å². The third kappa shape index (κ3) is 3.61. The summed E-state index contributed by atoms with van der Waals surface area (Å²) in [7, 11) is 0. The molecule has 0 saturated heterocycles. The summed E-state index contributed by atoms with van der Waals surface area (Å²) < 4.78 is 43.7. The predicted octanol–water partition coefficient (Wildman–Crippen LogP) is 5.72. The quantitative estimate of drug-likeness (QED) is 0.709. The van der Waals surface area contributed by atoms with Crippen LogP contribution in [0.2, 0.25) is 0 Å². The maximum absolute atomic E-state index is 12.9. The number of carbonyl (C=O) groups excluding carboxylic acids is 1. The maximum Gasteiger partial charge on any atom is 0.417 e. The molecule has 1 heterocycles. The van der Waals surface area contributed by atoms with Crippen LogP contribution >= 0.6 is 0 Å². The Balaban J connectivity index is 1.68. The van der Waals surface area contributed by atoms with Crippen molar-refractivity contribution in [1.82, 2.24) is 4.98 Å². The van der Waals surface area contributed by atoms with Crippen molar-refractivity contribution in [2.45, 2.75) is 38.8 Å². The van der Waals surface area contributed by atoms with Crippen molar-refractivity contribution in [2.24, 2.45) is 11.8 Å². The van der Waals surface area contributed by atoms with Crippen molar-refractivity contribution >= 4 is 11.4 Å². The average molecular weight is 403 g/mol. The number of aliphatic hydroxyl groups excluding tert-OH is 1. The second-order valence-corrected chi connectivity index (χ2v) is 7.49. The molecule has 7 heteroatoms. The molecule has 4 nitrogen and oxygen atoms in total. The highest BCUT2D eigenvalue weighted by Gasteiger charge is 2.41. The Kier molecular flexibility index (Phi) is 4.84. The highest BCUT2D eigenvalue weighted by atomic mass is 19.4. The zero-order chi connectivity index (χ0) is 20.8. The molecule has 2 aliphatic carbocycles. The maximum atomic E-state index is 12.9. The molecule has 152 valence electrons. The molecule has 0 amide bonds. The highest BCUT2D eigenvalue weighted by Crippen LogP contribution is 2.46. The number of hydrogen-bond donors (Lipinski definition) is 1. The molecule has 2 atom stereocenters. The van der Waals surface area contributed by atoms with Crippen LogP contribution in [-0.4, -0.2) is 15.9 Å². The van der Waals surface area contributed by atoms with E-state index in [0.717, 1.165) is 30.5 Å².